The number of fused-ring (bicyclic) bond motifs is 1. The van der Waals surface area contributed by atoms with E-state index in [1.54, 1.807) is 0 Å². The second-order valence-corrected chi connectivity index (χ2v) is 5.39. The highest BCUT2D eigenvalue weighted by atomic mass is 16.6. The van der Waals surface area contributed by atoms with Crippen LogP contribution in [0.4, 0.5) is 0 Å². The number of rotatable bonds is 1. The van der Waals surface area contributed by atoms with Gasteiger partial charge in [-0.15, -0.1) is 0 Å². The summed E-state index contributed by atoms with van der Waals surface area (Å²) in [5.41, 5.74) is -1.27. The van der Waals surface area contributed by atoms with Gasteiger partial charge in [0.2, 0.25) is 6.04 Å². The van der Waals surface area contributed by atoms with Crippen molar-refractivity contribution >= 4 is 0 Å². The van der Waals surface area contributed by atoms with E-state index in [2.05, 4.69) is 0 Å². The summed E-state index contributed by atoms with van der Waals surface area (Å²) in [5.74, 6) is 0. The minimum atomic E-state index is -1.05. The topological polar surface area (TPSA) is 63.4 Å². The van der Waals surface area contributed by atoms with E-state index < -0.39 is 11.6 Å². The van der Waals surface area contributed by atoms with Crippen LogP contribution < -0.4 is 0 Å². The molecule has 4 heteroatoms. The van der Waals surface area contributed by atoms with Crippen LogP contribution in [0.5, 0.6) is 0 Å². The Balaban J connectivity index is 2.33. The van der Waals surface area contributed by atoms with Gasteiger partial charge in [-0.05, 0) is 25.7 Å². The number of hydrogen-bond donors (Lipinski definition) is 1. The summed E-state index contributed by atoms with van der Waals surface area (Å²) in [5, 5.41) is 21.6. The van der Waals surface area contributed by atoms with Crippen LogP contribution in [0.2, 0.25) is 0 Å². The zero-order chi connectivity index (χ0) is 11.1. The van der Waals surface area contributed by atoms with Crippen LogP contribution >= 0.6 is 0 Å². The van der Waals surface area contributed by atoms with E-state index in [4.69, 9.17) is 0 Å². The van der Waals surface area contributed by atoms with Crippen molar-refractivity contribution in [2.24, 2.45) is 5.41 Å². The third kappa shape index (κ3) is 1.46. The molecular weight excluding hydrogens is 194 g/mol. The average molecular weight is 213 g/mol. The van der Waals surface area contributed by atoms with Crippen LogP contribution in [0, 0.1) is 15.5 Å². The van der Waals surface area contributed by atoms with E-state index in [-0.39, 0.29) is 10.3 Å². The van der Waals surface area contributed by atoms with Gasteiger partial charge >= 0.3 is 0 Å². The lowest BCUT2D eigenvalue weighted by Crippen LogP contribution is -2.61. The summed E-state index contributed by atoms with van der Waals surface area (Å²) in [6, 6.07) is -0.739. The smallest absolute Gasteiger partial charge is 0.241 e. The van der Waals surface area contributed by atoms with Gasteiger partial charge in [-0.1, -0.05) is 19.8 Å². The van der Waals surface area contributed by atoms with E-state index in [1.165, 1.54) is 0 Å². The summed E-state index contributed by atoms with van der Waals surface area (Å²) in [7, 11) is 0. The zero-order valence-corrected chi connectivity index (χ0v) is 9.24. The molecule has 0 amide bonds. The van der Waals surface area contributed by atoms with Gasteiger partial charge in [0.05, 0.1) is 0 Å². The minimum absolute atomic E-state index is 0.221. The minimum Gasteiger partial charge on any atom is -0.382 e. The maximum atomic E-state index is 11.0. The van der Waals surface area contributed by atoms with Crippen molar-refractivity contribution in [1.29, 1.82) is 0 Å². The van der Waals surface area contributed by atoms with Crippen molar-refractivity contribution in [2.45, 2.75) is 63.5 Å². The van der Waals surface area contributed by atoms with Gasteiger partial charge < -0.3 is 5.11 Å². The Morgan fingerprint density at radius 2 is 1.87 bits per heavy atom. The van der Waals surface area contributed by atoms with Crippen LogP contribution in [0.3, 0.4) is 0 Å². The molecule has 0 bridgehead atoms. The molecule has 0 aromatic rings. The fourth-order valence-corrected chi connectivity index (χ4v) is 3.54. The Hall–Kier alpha value is -0.640. The van der Waals surface area contributed by atoms with Gasteiger partial charge in [-0.25, -0.2) is 0 Å². The Morgan fingerprint density at radius 1 is 1.27 bits per heavy atom. The van der Waals surface area contributed by atoms with Crippen molar-refractivity contribution in [3.63, 3.8) is 0 Å². The molecule has 0 radical (unpaired) electrons. The van der Waals surface area contributed by atoms with Gasteiger partial charge in [0.25, 0.3) is 0 Å². The molecule has 4 nitrogen and oxygen atoms in total. The molecule has 0 spiro atoms. The Kier molecular flexibility index (Phi) is 2.49. The molecule has 2 rings (SSSR count). The number of aliphatic hydroxyl groups is 1. The van der Waals surface area contributed by atoms with Crippen molar-refractivity contribution in [1.82, 2.24) is 0 Å². The molecule has 0 aromatic heterocycles. The second kappa shape index (κ2) is 3.44. The summed E-state index contributed by atoms with van der Waals surface area (Å²) in [4.78, 5) is 10.7. The van der Waals surface area contributed by atoms with Crippen molar-refractivity contribution in [2.75, 3.05) is 0 Å². The predicted molar refractivity (Wildman–Crippen MR) is 56.2 cm³/mol. The second-order valence-electron chi connectivity index (χ2n) is 5.39. The van der Waals surface area contributed by atoms with Crippen LogP contribution in [-0.2, 0) is 0 Å². The van der Waals surface area contributed by atoms with E-state index >= 15 is 0 Å². The molecule has 0 aromatic carbocycles. The van der Waals surface area contributed by atoms with Gasteiger partial charge in [-0.2, -0.15) is 0 Å². The maximum absolute atomic E-state index is 11.0. The van der Waals surface area contributed by atoms with Crippen LogP contribution in [0.15, 0.2) is 0 Å². The first-order chi connectivity index (χ1) is 7.00. The standard InChI is InChI=1S/C11H19NO3/c1-10-6-2-3-8-11(10,13)9(12(14)15)5-4-7-10/h9,13H,2-8H2,1H3/t9?,10-,11-/m0/s1. The molecule has 2 fully saturated rings. The molecule has 2 saturated carbocycles. The molecule has 3 atom stereocenters. The molecule has 1 N–H and O–H groups in total. The molecule has 0 aliphatic heterocycles. The van der Waals surface area contributed by atoms with E-state index in [0.29, 0.717) is 12.8 Å². The lowest BCUT2D eigenvalue weighted by Gasteiger charge is -2.52. The first-order valence-electron chi connectivity index (χ1n) is 5.85. The first kappa shape index (κ1) is 10.9. The first-order valence-corrected chi connectivity index (χ1v) is 5.85. The average Bonchev–Trinajstić information content (AvgIpc) is 2.17. The van der Waals surface area contributed by atoms with Crippen molar-refractivity contribution < 1.29 is 10.0 Å². The molecule has 2 aliphatic carbocycles. The van der Waals surface area contributed by atoms with E-state index in [9.17, 15) is 15.2 Å². The Labute approximate surface area is 89.8 Å². The molecule has 86 valence electrons. The van der Waals surface area contributed by atoms with Crippen LogP contribution in [0.1, 0.15) is 51.9 Å². The highest BCUT2D eigenvalue weighted by Gasteiger charge is 2.60. The molecule has 2 aliphatic rings. The summed E-state index contributed by atoms with van der Waals surface area (Å²) >= 11 is 0. The summed E-state index contributed by atoms with van der Waals surface area (Å²) < 4.78 is 0. The Morgan fingerprint density at radius 3 is 2.53 bits per heavy atom. The van der Waals surface area contributed by atoms with Crippen molar-refractivity contribution in [3.8, 4) is 0 Å². The number of nitrogens with zero attached hydrogens (tertiary/aromatic N) is 1. The molecule has 15 heavy (non-hydrogen) atoms. The largest absolute Gasteiger partial charge is 0.382 e. The van der Waals surface area contributed by atoms with Crippen LogP contribution in [0.25, 0.3) is 0 Å². The Bertz CT molecular complexity index is 277. The number of nitro groups is 1. The fraction of sp³-hybridized carbons (Fsp3) is 1.00. The fourth-order valence-electron chi connectivity index (χ4n) is 3.54. The zero-order valence-electron chi connectivity index (χ0n) is 9.24. The number of hydrogen-bond acceptors (Lipinski definition) is 3. The third-order valence-corrected chi connectivity index (χ3v) is 4.59. The lowest BCUT2D eigenvalue weighted by atomic mass is 9.56. The highest BCUT2D eigenvalue weighted by Crippen LogP contribution is 2.53. The molecule has 0 saturated heterocycles. The monoisotopic (exact) mass is 213 g/mol. The SMILES string of the molecule is C[C@@]12CCCC[C@]1(O)C([N+](=O)[O-])CCC2. The van der Waals surface area contributed by atoms with Crippen LogP contribution in [-0.4, -0.2) is 21.7 Å². The summed E-state index contributed by atoms with van der Waals surface area (Å²) in [6.45, 7) is 2.03. The quantitative estimate of drug-likeness (QED) is 0.536. The molecule has 1 unspecified atom stereocenters. The highest BCUT2D eigenvalue weighted by molar-refractivity contribution is 5.06. The summed E-state index contributed by atoms with van der Waals surface area (Å²) in [6.07, 6.45) is 5.93. The van der Waals surface area contributed by atoms with E-state index in [0.717, 1.165) is 32.1 Å². The maximum Gasteiger partial charge on any atom is 0.241 e. The van der Waals surface area contributed by atoms with E-state index in [1.807, 2.05) is 6.92 Å². The predicted octanol–water partition coefficient (Wildman–Crippen LogP) is 2.13. The molecule has 0 heterocycles. The van der Waals surface area contributed by atoms with Gasteiger partial charge in [-0.3, -0.25) is 10.1 Å². The molecular formula is C11H19NO3. The van der Waals surface area contributed by atoms with Gasteiger partial charge in [0.15, 0.2) is 0 Å². The van der Waals surface area contributed by atoms with Gasteiger partial charge in [0.1, 0.15) is 5.60 Å². The normalized spacial score (nSPS) is 45.9. The van der Waals surface area contributed by atoms with Crippen molar-refractivity contribution in [3.05, 3.63) is 10.1 Å². The third-order valence-electron chi connectivity index (χ3n) is 4.59. The van der Waals surface area contributed by atoms with Gasteiger partial charge in [0, 0.05) is 16.8 Å². The lowest BCUT2D eigenvalue weighted by molar-refractivity contribution is -0.558.